The molecule has 4 rings (SSSR count). The summed E-state index contributed by atoms with van der Waals surface area (Å²) < 4.78 is 5.99. The van der Waals surface area contributed by atoms with Crippen LogP contribution in [0.3, 0.4) is 0 Å². The molecule has 144 valence electrons. The van der Waals surface area contributed by atoms with Crippen LogP contribution in [0.2, 0.25) is 0 Å². The summed E-state index contributed by atoms with van der Waals surface area (Å²) in [4.78, 5) is 17.4. The number of nitrogens with one attached hydrogen (secondary N) is 2. The molecule has 2 unspecified atom stereocenters. The van der Waals surface area contributed by atoms with Crippen molar-refractivity contribution in [3.8, 4) is 22.8 Å². The number of aromatic nitrogens is 1. The molecule has 0 aliphatic carbocycles. The lowest BCUT2D eigenvalue weighted by Gasteiger charge is -2.30. The first kappa shape index (κ1) is 18.4. The van der Waals surface area contributed by atoms with Crippen molar-refractivity contribution in [2.24, 2.45) is 5.92 Å². The number of benzene rings is 2. The van der Waals surface area contributed by atoms with Crippen molar-refractivity contribution in [1.29, 1.82) is 0 Å². The average Bonchev–Trinajstić information content (AvgIpc) is 3.20. The van der Waals surface area contributed by atoms with Crippen molar-refractivity contribution in [3.05, 3.63) is 65.9 Å². The summed E-state index contributed by atoms with van der Waals surface area (Å²) in [5, 5.41) is 6.52. The van der Waals surface area contributed by atoms with Crippen LogP contribution in [0.5, 0.6) is 0 Å². The van der Waals surface area contributed by atoms with Gasteiger partial charge in [0.15, 0.2) is 5.76 Å². The van der Waals surface area contributed by atoms with E-state index in [1.807, 2.05) is 55.5 Å². The first-order chi connectivity index (χ1) is 13.6. The fourth-order valence-electron chi connectivity index (χ4n) is 3.55. The first-order valence-electron chi connectivity index (χ1n) is 9.75. The fraction of sp³-hybridized carbons (Fsp3) is 0.304. The van der Waals surface area contributed by atoms with E-state index < -0.39 is 0 Å². The van der Waals surface area contributed by atoms with Gasteiger partial charge in [-0.3, -0.25) is 4.79 Å². The molecule has 1 aliphatic heterocycles. The summed E-state index contributed by atoms with van der Waals surface area (Å²) in [6.07, 6.45) is 2.77. The SMILES string of the molecule is Cc1ccc(-c2cnc(-c3ccccc3C(=O)NC3CNCCC3C)o2)cc1. The van der Waals surface area contributed by atoms with E-state index in [0.717, 1.165) is 25.1 Å². The van der Waals surface area contributed by atoms with Crippen molar-refractivity contribution >= 4 is 5.91 Å². The molecule has 28 heavy (non-hydrogen) atoms. The van der Waals surface area contributed by atoms with Gasteiger partial charge in [0.05, 0.1) is 11.8 Å². The van der Waals surface area contributed by atoms with Crippen molar-refractivity contribution in [1.82, 2.24) is 15.6 Å². The second-order valence-corrected chi connectivity index (χ2v) is 7.49. The van der Waals surface area contributed by atoms with Crippen LogP contribution in [0, 0.1) is 12.8 Å². The smallest absolute Gasteiger partial charge is 0.252 e. The van der Waals surface area contributed by atoms with E-state index in [2.05, 4.69) is 22.5 Å². The summed E-state index contributed by atoms with van der Waals surface area (Å²) in [6, 6.07) is 15.7. The number of hydrogen-bond donors (Lipinski definition) is 2. The van der Waals surface area contributed by atoms with Crippen molar-refractivity contribution < 1.29 is 9.21 Å². The average molecular weight is 375 g/mol. The lowest BCUT2D eigenvalue weighted by molar-refractivity contribution is 0.0915. The van der Waals surface area contributed by atoms with E-state index in [0.29, 0.717) is 28.7 Å². The third-order valence-corrected chi connectivity index (χ3v) is 5.39. The summed E-state index contributed by atoms with van der Waals surface area (Å²) in [7, 11) is 0. The summed E-state index contributed by atoms with van der Waals surface area (Å²) in [6.45, 7) is 6.03. The van der Waals surface area contributed by atoms with E-state index in [1.54, 1.807) is 6.20 Å². The normalized spacial score (nSPS) is 19.4. The Balaban J connectivity index is 1.59. The van der Waals surface area contributed by atoms with E-state index in [9.17, 15) is 4.79 Å². The van der Waals surface area contributed by atoms with Crippen LogP contribution < -0.4 is 10.6 Å². The Morgan fingerprint density at radius 1 is 1.18 bits per heavy atom. The van der Waals surface area contributed by atoms with Crippen LogP contribution in [-0.2, 0) is 0 Å². The maximum absolute atomic E-state index is 13.0. The van der Waals surface area contributed by atoms with Gasteiger partial charge in [-0.2, -0.15) is 0 Å². The number of oxazole rings is 1. The molecule has 0 saturated carbocycles. The van der Waals surface area contributed by atoms with Gasteiger partial charge in [0, 0.05) is 23.7 Å². The lowest BCUT2D eigenvalue weighted by Crippen LogP contribution is -2.50. The zero-order chi connectivity index (χ0) is 19.5. The van der Waals surface area contributed by atoms with Gasteiger partial charge in [0.1, 0.15) is 0 Å². The Bertz CT molecular complexity index is 962. The number of rotatable bonds is 4. The number of carbonyl (C=O) groups is 1. The molecule has 3 aromatic rings. The first-order valence-corrected chi connectivity index (χ1v) is 9.75. The highest BCUT2D eigenvalue weighted by atomic mass is 16.4. The Hall–Kier alpha value is -2.92. The quantitative estimate of drug-likeness (QED) is 0.722. The molecule has 2 heterocycles. The predicted octanol–water partition coefficient (Wildman–Crippen LogP) is 4.04. The fourth-order valence-corrected chi connectivity index (χ4v) is 3.55. The molecule has 1 saturated heterocycles. The van der Waals surface area contributed by atoms with Gasteiger partial charge in [-0.15, -0.1) is 0 Å². The lowest BCUT2D eigenvalue weighted by atomic mass is 9.94. The molecule has 2 atom stereocenters. The van der Waals surface area contributed by atoms with Crippen molar-refractivity contribution in [2.45, 2.75) is 26.3 Å². The maximum Gasteiger partial charge on any atom is 0.252 e. The minimum atomic E-state index is -0.0914. The second kappa shape index (κ2) is 7.98. The van der Waals surface area contributed by atoms with Crippen LogP contribution in [0.15, 0.2) is 59.1 Å². The monoisotopic (exact) mass is 375 g/mol. The van der Waals surface area contributed by atoms with Crippen molar-refractivity contribution in [3.63, 3.8) is 0 Å². The molecule has 5 heteroatoms. The Morgan fingerprint density at radius 3 is 2.75 bits per heavy atom. The molecule has 0 bridgehead atoms. The number of amides is 1. The third-order valence-electron chi connectivity index (χ3n) is 5.39. The second-order valence-electron chi connectivity index (χ2n) is 7.49. The third kappa shape index (κ3) is 3.85. The molecule has 5 nitrogen and oxygen atoms in total. The molecule has 1 aromatic heterocycles. The Labute approximate surface area is 165 Å². The van der Waals surface area contributed by atoms with Gasteiger partial charge in [-0.1, -0.05) is 48.9 Å². The number of nitrogens with zero attached hydrogens (tertiary/aromatic N) is 1. The van der Waals surface area contributed by atoms with Gasteiger partial charge in [-0.05, 0) is 37.9 Å². The molecule has 1 amide bonds. The summed E-state index contributed by atoms with van der Waals surface area (Å²) >= 11 is 0. The molecule has 2 N–H and O–H groups in total. The van der Waals surface area contributed by atoms with Crippen LogP contribution in [-0.4, -0.2) is 30.0 Å². The molecule has 0 spiro atoms. The minimum absolute atomic E-state index is 0.0914. The van der Waals surface area contributed by atoms with Crippen molar-refractivity contribution in [2.75, 3.05) is 13.1 Å². The highest BCUT2D eigenvalue weighted by molar-refractivity contribution is 6.00. The number of aryl methyl sites for hydroxylation is 1. The Morgan fingerprint density at radius 2 is 1.96 bits per heavy atom. The largest absolute Gasteiger partial charge is 0.436 e. The van der Waals surface area contributed by atoms with Crippen LogP contribution in [0.1, 0.15) is 29.3 Å². The minimum Gasteiger partial charge on any atom is -0.436 e. The van der Waals surface area contributed by atoms with E-state index >= 15 is 0 Å². The molecular weight excluding hydrogens is 350 g/mol. The van der Waals surface area contributed by atoms with Gasteiger partial charge < -0.3 is 15.1 Å². The topological polar surface area (TPSA) is 67.2 Å². The van der Waals surface area contributed by atoms with Crippen LogP contribution >= 0.6 is 0 Å². The zero-order valence-electron chi connectivity index (χ0n) is 16.2. The van der Waals surface area contributed by atoms with Gasteiger partial charge in [0.2, 0.25) is 5.89 Å². The zero-order valence-corrected chi connectivity index (χ0v) is 16.2. The van der Waals surface area contributed by atoms with Gasteiger partial charge in [0.25, 0.3) is 5.91 Å². The number of hydrogen-bond acceptors (Lipinski definition) is 4. The summed E-state index contributed by atoms with van der Waals surface area (Å²) in [5.74, 6) is 1.50. The molecular formula is C23H25N3O2. The van der Waals surface area contributed by atoms with Gasteiger partial charge in [-0.25, -0.2) is 4.98 Å². The Kier molecular flexibility index (Phi) is 5.26. The molecule has 1 fully saturated rings. The molecule has 2 aromatic carbocycles. The molecule has 1 aliphatic rings. The predicted molar refractivity (Wildman–Crippen MR) is 110 cm³/mol. The van der Waals surface area contributed by atoms with Gasteiger partial charge >= 0.3 is 0 Å². The highest BCUT2D eigenvalue weighted by Gasteiger charge is 2.25. The van der Waals surface area contributed by atoms with Crippen LogP contribution in [0.4, 0.5) is 0 Å². The number of carbonyl (C=O) groups excluding carboxylic acids is 1. The van der Waals surface area contributed by atoms with Crippen LogP contribution in [0.25, 0.3) is 22.8 Å². The number of piperidine rings is 1. The highest BCUT2D eigenvalue weighted by Crippen LogP contribution is 2.28. The van der Waals surface area contributed by atoms with E-state index in [4.69, 9.17) is 4.42 Å². The standard InChI is InChI=1S/C23H25N3O2/c1-15-7-9-17(10-8-15)21-14-25-23(28-21)19-6-4-3-5-18(19)22(27)26-20-13-24-12-11-16(20)2/h3-10,14,16,20,24H,11-13H2,1-2H3,(H,26,27). The van der Waals surface area contributed by atoms with E-state index in [1.165, 1.54) is 5.56 Å². The summed E-state index contributed by atoms with van der Waals surface area (Å²) in [5.41, 5.74) is 3.44. The molecule has 0 radical (unpaired) electrons. The van der Waals surface area contributed by atoms with E-state index in [-0.39, 0.29) is 11.9 Å². The maximum atomic E-state index is 13.0.